The molecule has 3 aromatic carbocycles. The number of fused-ring (bicyclic) bond motifs is 1. The summed E-state index contributed by atoms with van der Waals surface area (Å²) in [7, 11) is -7.78. The van der Waals surface area contributed by atoms with Crippen LogP contribution in [0.2, 0.25) is 0 Å². The van der Waals surface area contributed by atoms with Crippen LogP contribution in [0.5, 0.6) is 0 Å². The molecule has 0 atom stereocenters. The van der Waals surface area contributed by atoms with Crippen molar-refractivity contribution >= 4 is 48.1 Å². The third kappa shape index (κ3) is 6.56. The molecule has 0 unspecified atom stereocenters. The minimum Gasteiger partial charge on any atom is -0.744 e. The van der Waals surface area contributed by atoms with E-state index in [4.69, 9.17) is 0 Å². The Morgan fingerprint density at radius 2 is 1.16 bits per heavy atom. The van der Waals surface area contributed by atoms with Gasteiger partial charge in [-0.2, -0.15) is 15.3 Å². The zero-order valence-corrected chi connectivity index (χ0v) is 18.4. The second-order valence-corrected chi connectivity index (χ2v) is 8.47. The Labute approximate surface area is 202 Å². The Bertz CT molecular complexity index is 1360. The molecule has 0 fully saturated rings. The van der Waals surface area contributed by atoms with Crippen molar-refractivity contribution in [2.24, 2.45) is 20.5 Å². The third-order valence-electron chi connectivity index (χ3n) is 3.84. The molecule has 0 amide bonds. The number of hydrogen-bond donors (Lipinski definition) is 0. The second kappa shape index (κ2) is 10.6. The molecule has 3 rings (SSSR count). The monoisotopic (exact) mass is 446 g/mol. The average molecular weight is 446 g/mol. The van der Waals surface area contributed by atoms with Gasteiger partial charge in [-0.15, -0.1) is 5.11 Å². The number of nitrogens with zero attached hydrogens (tertiary/aromatic N) is 4. The maximum atomic E-state index is 11.4. The van der Waals surface area contributed by atoms with Gasteiger partial charge < -0.3 is 9.11 Å². The zero-order valence-electron chi connectivity index (χ0n) is 16.8. The van der Waals surface area contributed by atoms with E-state index in [-0.39, 0.29) is 49.1 Å². The summed E-state index contributed by atoms with van der Waals surface area (Å²) in [6, 6.07) is 11.7. The Morgan fingerprint density at radius 1 is 0.645 bits per heavy atom. The van der Waals surface area contributed by atoms with E-state index >= 15 is 0 Å². The van der Waals surface area contributed by atoms with Gasteiger partial charge in [-0.25, -0.2) is 16.8 Å². The van der Waals surface area contributed by atoms with E-state index in [1.54, 1.807) is 6.07 Å². The Kier molecular flexibility index (Phi) is 9.32. The number of rotatable bonds is 5. The maximum absolute atomic E-state index is 11.4. The van der Waals surface area contributed by atoms with Crippen molar-refractivity contribution in [1.82, 2.24) is 0 Å². The summed E-state index contributed by atoms with van der Waals surface area (Å²) in [6.07, 6.45) is 0. The standard InChI is InChI=1S/C17H14N4O6S2.2Li/c1-18-20-16-8-9-17(15-10-13(29(25,26)27)6-7-14(15)16)21-19-11-2-4-12(5-3-11)28(22,23)24;;/h2-10H,1H3,(H,22,23,24)(H,25,26,27);;/q;2*+1/p-2. The first-order valence-corrected chi connectivity index (χ1v) is 10.7. The smallest absolute Gasteiger partial charge is 0.744 e. The second-order valence-electron chi connectivity index (χ2n) is 5.71. The van der Waals surface area contributed by atoms with Gasteiger partial charge >= 0.3 is 37.7 Å². The van der Waals surface area contributed by atoms with Gasteiger partial charge in [0.15, 0.2) is 0 Å². The van der Waals surface area contributed by atoms with Gasteiger partial charge in [0.1, 0.15) is 20.2 Å². The van der Waals surface area contributed by atoms with Crippen LogP contribution < -0.4 is 37.7 Å². The predicted molar refractivity (Wildman–Crippen MR) is 101 cm³/mol. The number of azo groups is 2. The van der Waals surface area contributed by atoms with Crippen LogP contribution in [-0.2, 0) is 20.2 Å². The van der Waals surface area contributed by atoms with Crippen LogP contribution in [0.1, 0.15) is 0 Å². The molecule has 31 heavy (non-hydrogen) atoms. The van der Waals surface area contributed by atoms with Crippen LogP contribution in [-0.4, -0.2) is 33.0 Å². The van der Waals surface area contributed by atoms with E-state index in [1.807, 2.05) is 0 Å². The summed E-state index contributed by atoms with van der Waals surface area (Å²) in [5.41, 5.74) is 0.956. The summed E-state index contributed by atoms with van der Waals surface area (Å²) in [6.45, 7) is 0. The Hall–Kier alpha value is -1.87. The molecule has 150 valence electrons. The number of hydrogen-bond acceptors (Lipinski definition) is 10. The predicted octanol–water partition coefficient (Wildman–Crippen LogP) is -2.22. The van der Waals surface area contributed by atoms with E-state index in [9.17, 15) is 25.9 Å². The van der Waals surface area contributed by atoms with Gasteiger partial charge in [0, 0.05) is 17.8 Å². The summed E-state index contributed by atoms with van der Waals surface area (Å²) in [5, 5.41) is 16.5. The zero-order chi connectivity index (χ0) is 21.2. The van der Waals surface area contributed by atoms with E-state index in [0.717, 1.165) is 12.1 Å². The summed E-state index contributed by atoms with van der Waals surface area (Å²) in [4.78, 5) is -0.835. The van der Waals surface area contributed by atoms with Crippen LogP contribution in [0.15, 0.2) is 84.8 Å². The fourth-order valence-corrected chi connectivity index (χ4v) is 3.49. The van der Waals surface area contributed by atoms with Gasteiger partial charge in [-0.1, -0.05) is 6.07 Å². The molecule has 0 aromatic heterocycles. The first-order chi connectivity index (χ1) is 13.6. The maximum Gasteiger partial charge on any atom is 1.00 e. The van der Waals surface area contributed by atoms with Crippen LogP contribution in [0.4, 0.5) is 17.1 Å². The van der Waals surface area contributed by atoms with Crippen LogP contribution >= 0.6 is 0 Å². The van der Waals surface area contributed by atoms with Gasteiger partial charge in [0.25, 0.3) is 0 Å². The van der Waals surface area contributed by atoms with Crippen LogP contribution in [0.25, 0.3) is 10.8 Å². The fraction of sp³-hybridized carbons (Fsp3) is 0.0588. The van der Waals surface area contributed by atoms with Crippen molar-refractivity contribution < 1.29 is 63.7 Å². The molecule has 10 nitrogen and oxygen atoms in total. The first kappa shape index (κ1) is 27.2. The molecule has 3 aromatic rings. The minimum absolute atomic E-state index is 0. The molecule has 0 aliphatic carbocycles. The molecular formula is C17H12Li2N4O6S2. The van der Waals surface area contributed by atoms with Crippen molar-refractivity contribution in [3.63, 3.8) is 0 Å². The van der Waals surface area contributed by atoms with Crippen molar-refractivity contribution in [2.45, 2.75) is 9.79 Å². The van der Waals surface area contributed by atoms with Crippen molar-refractivity contribution in [1.29, 1.82) is 0 Å². The van der Waals surface area contributed by atoms with E-state index in [1.165, 1.54) is 43.4 Å². The molecular weight excluding hydrogens is 434 g/mol. The van der Waals surface area contributed by atoms with Gasteiger partial charge in [0.2, 0.25) is 0 Å². The molecule has 0 bridgehead atoms. The summed E-state index contributed by atoms with van der Waals surface area (Å²) in [5.74, 6) is 0. The molecule has 0 heterocycles. The Morgan fingerprint density at radius 3 is 1.68 bits per heavy atom. The van der Waals surface area contributed by atoms with E-state index < -0.39 is 30.0 Å². The van der Waals surface area contributed by atoms with E-state index in [0.29, 0.717) is 16.5 Å². The molecule has 0 N–H and O–H groups in total. The molecule has 0 saturated heterocycles. The quantitative estimate of drug-likeness (QED) is 0.245. The number of benzene rings is 3. The normalized spacial score (nSPS) is 12.1. The van der Waals surface area contributed by atoms with Gasteiger partial charge in [-0.05, 0) is 48.5 Å². The summed E-state index contributed by atoms with van der Waals surface area (Å²) >= 11 is 0. The van der Waals surface area contributed by atoms with Crippen molar-refractivity contribution in [3.8, 4) is 0 Å². The minimum atomic E-state index is -4.68. The largest absolute Gasteiger partial charge is 1.00 e. The molecule has 0 saturated carbocycles. The van der Waals surface area contributed by atoms with Crippen molar-refractivity contribution in [2.75, 3.05) is 7.05 Å². The molecule has 14 heteroatoms. The molecule has 0 spiro atoms. The molecule has 0 aliphatic rings. The van der Waals surface area contributed by atoms with Gasteiger partial charge in [0.05, 0.1) is 26.9 Å². The van der Waals surface area contributed by atoms with Gasteiger partial charge in [-0.3, -0.25) is 0 Å². The fourth-order valence-electron chi connectivity index (χ4n) is 2.52. The van der Waals surface area contributed by atoms with E-state index in [2.05, 4.69) is 20.5 Å². The Balaban J connectivity index is 0.00000240. The third-order valence-corrected chi connectivity index (χ3v) is 5.52. The first-order valence-electron chi connectivity index (χ1n) is 7.90. The van der Waals surface area contributed by atoms with Crippen molar-refractivity contribution in [3.05, 3.63) is 54.6 Å². The van der Waals surface area contributed by atoms with Crippen LogP contribution in [0, 0.1) is 0 Å². The average Bonchev–Trinajstić information content (AvgIpc) is 2.66. The van der Waals surface area contributed by atoms with Crippen LogP contribution in [0.3, 0.4) is 0 Å². The topological polar surface area (TPSA) is 164 Å². The summed E-state index contributed by atoms with van der Waals surface area (Å²) < 4.78 is 67.0. The molecule has 0 aliphatic heterocycles. The SMILES string of the molecule is CN=Nc1ccc(N=Nc2ccc(S(=O)(=O)[O-])cc2)c2cc(S(=O)(=O)[O-])ccc12.[Li+].[Li+]. The molecule has 0 radical (unpaired) electrons.